The summed E-state index contributed by atoms with van der Waals surface area (Å²) in [4.78, 5) is 17.1. The second kappa shape index (κ2) is 7.90. The highest BCUT2D eigenvalue weighted by Gasteiger charge is 2.20. The number of pyridine rings is 1. The predicted octanol–water partition coefficient (Wildman–Crippen LogP) is 4.60. The molecule has 25 heavy (non-hydrogen) atoms. The van der Waals surface area contributed by atoms with Crippen LogP contribution in [0.2, 0.25) is 5.02 Å². The number of hydrogen-bond donors (Lipinski definition) is 1. The van der Waals surface area contributed by atoms with Gasteiger partial charge in [-0.2, -0.15) is 5.26 Å². The van der Waals surface area contributed by atoms with E-state index in [2.05, 4.69) is 16.4 Å². The molecule has 3 rings (SSSR count). The molecule has 2 aromatic rings. The van der Waals surface area contributed by atoms with Crippen LogP contribution in [0, 0.1) is 11.3 Å². The summed E-state index contributed by atoms with van der Waals surface area (Å²) in [5.41, 5.74) is 3.44. The number of amides is 1. The summed E-state index contributed by atoms with van der Waals surface area (Å²) in [6.45, 7) is 1.81. The number of nitrogens with one attached hydrogen (secondary N) is 1. The lowest BCUT2D eigenvalue weighted by Crippen LogP contribution is -2.22. The minimum absolute atomic E-state index is 0.143. The van der Waals surface area contributed by atoms with E-state index in [4.69, 9.17) is 11.6 Å². The molecule has 0 fully saturated rings. The lowest BCUT2D eigenvalue weighted by Gasteiger charge is -2.18. The van der Waals surface area contributed by atoms with Crippen LogP contribution in [0.1, 0.15) is 36.6 Å². The number of fused-ring (bicyclic) bond motifs is 1. The molecule has 0 bridgehead atoms. The summed E-state index contributed by atoms with van der Waals surface area (Å²) < 4.78 is 0. The summed E-state index contributed by atoms with van der Waals surface area (Å²) in [5.74, 6) is -0.143. The highest BCUT2D eigenvalue weighted by Crippen LogP contribution is 2.30. The van der Waals surface area contributed by atoms with E-state index in [1.54, 1.807) is 24.3 Å². The molecule has 1 aliphatic rings. The number of halogens is 1. The van der Waals surface area contributed by atoms with Crippen molar-refractivity contribution in [3.05, 3.63) is 52.2 Å². The van der Waals surface area contributed by atoms with Crippen LogP contribution in [0.25, 0.3) is 0 Å². The molecular formula is C19H18ClN3OS. The Morgan fingerprint density at radius 2 is 2.16 bits per heavy atom. The number of hydrogen-bond acceptors (Lipinski definition) is 4. The Balaban J connectivity index is 1.75. The van der Waals surface area contributed by atoms with Crippen LogP contribution in [0.5, 0.6) is 0 Å². The summed E-state index contributed by atoms with van der Waals surface area (Å²) in [6, 6.07) is 11.2. The third-order valence-electron chi connectivity index (χ3n) is 4.14. The second-order valence-corrected chi connectivity index (χ2v) is 7.79. The zero-order valence-electron chi connectivity index (χ0n) is 13.9. The van der Waals surface area contributed by atoms with Crippen molar-refractivity contribution in [2.45, 2.75) is 42.9 Å². The standard InChI is InChI=1S/C19H18ClN3OS/c1-12(18(24)22-16-7-4-6-15(20)10-16)25-19-14(11-21)9-13-5-2-3-8-17(13)23-19/h4,6-7,9-10,12H,2-3,5,8H2,1H3,(H,22,24). The lowest BCUT2D eigenvalue weighted by atomic mass is 9.95. The first kappa shape index (κ1) is 17.8. The van der Waals surface area contributed by atoms with Gasteiger partial charge in [-0.25, -0.2) is 4.98 Å². The summed E-state index contributed by atoms with van der Waals surface area (Å²) >= 11 is 7.26. The molecule has 0 radical (unpaired) electrons. The van der Waals surface area contributed by atoms with Gasteiger partial charge < -0.3 is 5.32 Å². The lowest BCUT2D eigenvalue weighted by molar-refractivity contribution is -0.115. The van der Waals surface area contributed by atoms with E-state index >= 15 is 0 Å². The van der Waals surface area contributed by atoms with Crippen LogP contribution in [0.15, 0.2) is 35.4 Å². The van der Waals surface area contributed by atoms with Gasteiger partial charge >= 0.3 is 0 Å². The number of benzene rings is 1. The van der Waals surface area contributed by atoms with Crippen molar-refractivity contribution in [1.29, 1.82) is 5.26 Å². The number of carbonyl (C=O) groups excluding carboxylic acids is 1. The predicted molar refractivity (Wildman–Crippen MR) is 101 cm³/mol. The maximum atomic E-state index is 12.4. The van der Waals surface area contributed by atoms with E-state index in [0.717, 1.165) is 31.4 Å². The SMILES string of the molecule is CC(Sc1nc2c(cc1C#N)CCCC2)C(=O)Nc1cccc(Cl)c1. The van der Waals surface area contributed by atoms with E-state index in [1.165, 1.54) is 17.3 Å². The minimum atomic E-state index is -0.375. The fourth-order valence-electron chi connectivity index (χ4n) is 2.82. The monoisotopic (exact) mass is 371 g/mol. The molecule has 4 nitrogen and oxygen atoms in total. The van der Waals surface area contributed by atoms with Gasteiger partial charge in [0.2, 0.25) is 5.91 Å². The molecule has 0 saturated heterocycles. The molecule has 1 heterocycles. The summed E-state index contributed by atoms with van der Waals surface area (Å²) in [5, 5.41) is 13.1. The number of nitrogens with zero attached hydrogens (tertiary/aromatic N) is 2. The number of nitriles is 1. The Morgan fingerprint density at radius 1 is 1.36 bits per heavy atom. The Labute approximate surface area is 156 Å². The van der Waals surface area contributed by atoms with E-state index in [0.29, 0.717) is 21.3 Å². The average Bonchev–Trinajstić information content (AvgIpc) is 2.61. The van der Waals surface area contributed by atoms with Crippen LogP contribution in [0.3, 0.4) is 0 Å². The molecule has 1 aliphatic carbocycles. The van der Waals surface area contributed by atoms with Gasteiger partial charge in [-0.05, 0) is 62.4 Å². The van der Waals surface area contributed by atoms with Crippen LogP contribution < -0.4 is 5.32 Å². The van der Waals surface area contributed by atoms with Gasteiger partial charge in [0.05, 0.1) is 10.8 Å². The largest absolute Gasteiger partial charge is 0.325 e. The summed E-state index contributed by atoms with van der Waals surface area (Å²) in [7, 11) is 0. The van der Waals surface area contributed by atoms with Gasteiger partial charge in [0, 0.05) is 16.4 Å². The Bertz CT molecular complexity index is 847. The molecule has 0 saturated carbocycles. The normalized spacial score (nSPS) is 14.3. The van der Waals surface area contributed by atoms with Crippen molar-refractivity contribution < 1.29 is 4.79 Å². The van der Waals surface area contributed by atoms with E-state index in [1.807, 2.05) is 13.0 Å². The van der Waals surface area contributed by atoms with E-state index in [-0.39, 0.29) is 11.2 Å². The van der Waals surface area contributed by atoms with Crippen molar-refractivity contribution in [1.82, 2.24) is 4.98 Å². The molecule has 1 N–H and O–H groups in total. The molecule has 0 aliphatic heterocycles. The molecule has 128 valence electrons. The van der Waals surface area contributed by atoms with Crippen LogP contribution >= 0.6 is 23.4 Å². The van der Waals surface area contributed by atoms with Gasteiger partial charge in [-0.1, -0.05) is 29.4 Å². The van der Waals surface area contributed by atoms with Crippen molar-refractivity contribution in [2.24, 2.45) is 0 Å². The molecular weight excluding hydrogens is 354 g/mol. The number of anilines is 1. The minimum Gasteiger partial charge on any atom is -0.325 e. The number of aromatic nitrogens is 1. The van der Waals surface area contributed by atoms with Crippen molar-refractivity contribution in [3.8, 4) is 6.07 Å². The smallest absolute Gasteiger partial charge is 0.237 e. The number of carbonyl (C=O) groups is 1. The van der Waals surface area contributed by atoms with Crippen LogP contribution in [-0.2, 0) is 17.6 Å². The molecule has 1 aromatic heterocycles. The molecule has 1 atom stereocenters. The van der Waals surface area contributed by atoms with Crippen molar-refractivity contribution >= 4 is 35.0 Å². The molecule has 0 spiro atoms. The van der Waals surface area contributed by atoms with Crippen molar-refractivity contribution in [2.75, 3.05) is 5.32 Å². The number of rotatable bonds is 4. The molecule has 1 aromatic carbocycles. The maximum Gasteiger partial charge on any atom is 0.237 e. The molecule has 1 unspecified atom stereocenters. The molecule has 1 amide bonds. The van der Waals surface area contributed by atoms with Gasteiger partial charge in [0.15, 0.2) is 0 Å². The number of thioether (sulfide) groups is 1. The van der Waals surface area contributed by atoms with Gasteiger partial charge in [-0.15, -0.1) is 0 Å². The van der Waals surface area contributed by atoms with Crippen LogP contribution in [0.4, 0.5) is 5.69 Å². The molecule has 6 heteroatoms. The first-order valence-electron chi connectivity index (χ1n) is 8.23. The third-order valence-corrected chi connectivity index (χ3v) is 5.47. The van der Waals surface area contributed by atoms with E-state index < -0.39 is 0 Å². The van der Waals surface area contributed by atoms with Gasteiger partial charge in [-0.3, -0.25) is 4.79 Å². The van der Waals surface area contributed by atoms with Gasteiger partial charge in [0.1, 0.15) is 11.1 Å². The highest BCUT2D eigenvalue weighted by molar-refractivity contribution is 8.00. The summed E-state index contributed by atoms with van der Waals surface area (Å²) in [6.07, 6.45) is 4.19. The topological polar surface area (TPSA) is 65.8 Å². The Kier molecular flexibility index (Phi) is 5.62. The number of aryl methyl sites for hydroxylation is 2. The first-order valence-corrected chi connectivity index (χ1v) is 9.48. The third kappa shape index (κ3) is 4.33. The Hall–Kier alpha value is -2.03. The van der Waals surface area contributed by atoms with Gasteiger partial charge in [0.25, 0.3) is 0 Å². The zero-order chi connectivity index (χ0) is 17.8. The first-order chi connectivity index (χ1) is 12.1. The fourth-order valence-corrected chi connectivity index (χ4v) is 3.90. The average molecular weight is 372 g/mol. The fraction of sp³-hybridized carbons (Fsp3) is 0.316. The van der Waals surface area contributed by atoms with Crippen LogP contribution in [-0.4, -0.2) is 16.1 Å². The quantitative estimate of drug-likeness (QED) is 0.797. The van der Waals surface area contributed by atoms with E-state index in [9.17, 15) is 10.1 Å². The second-order valence-electron chi connectivity index (χ2n) is 6.03. The highest BCUT2D eigenvalue weighted by atomic mass is 35.5. The maximum absolute atomic E-state index is 12.4. The zero-order valence-corrected chi connectivity index (χ0v) is 15.5. The van der Waals surface area contributed by atoms with Crippen molar-refractivity contribution in [3.63, 3.8) is 0 Å². The Morgan fingerprint density at radius 3 is 2.92 bits per heavy atom.